The van der Waals surface area contributed by atoms with Crippen LogP contribution in [0.4, 0.5) is 4.79 Å². The zero-order valence-corrected chi connectivity index (χ0v) is 5.35. The van der Waals surface area contributed by atoms with Crippen LogP contribution in [-0.4, -0.2) is 23.6 Å². The molecular formula is C4H10N4O2. The Labute approximate surface area is 57.7 Å². The van der Waals surface area contributed by atoms with E-state index >= 15 is 0 Å². The van der Waals surface area contributed by atoms with Crippen molar-refractivity contribution in [3.8, 4) is 0 Å². The van der Waals surface area contributed by atoms with E-state index in [4.69, 9.17) is 10.9 Å². The maximum atomic E-state index is 10.6. The number of carbonyl (C=O) groups is 1. The zero-order chi connectivity index (χ0) is 7.61. The Morgan fingerprint density at radius 1 is 1.80 bits per heavy atom. The van der Waals surface area contributed by atoms with Crippen LogP contribution in [0.3, 0.4) is 0 Å². The summed E-state index contributed by atoms with van der Waals surface area (Å²) < 4.78 is 0. The second-order valence-corrected chi connectivity index (χ2v) is 2.21. The Morgan fingerprint density at radius 2 is 2.50 bits per heavy atom. The maximum absolute atomic E-state index is 10.6. The molecule has 1 heterocycles. The van der Waals surface area contributed by atoms with Gasteiger partial charge in [-0.2, -0.15) is 5.48 Å². The molecule has 0 bridgehead atoms. The van der Waals surface area contributed by atoms with Gasteiger partial charge in [-0.3, -0.25) is 5.73 Å². The molecule has 6 N–H and O–H groups in total. The first-order valence-corrected chi connectivity index (χ1v) is 2.92. The Balaban J connectivity index is 2.53. The number of urea groups is 1. The highest BCUT2D eigenvalue weighted by atomic mass is 16.5. The summed E-state index contributed by atoms with van der Waals surface area (Å²) >= 11 is 0. The average Bonchev–Trinajstić information content (AvgIpc) is 1.88. The number of hydrogen-bond donors (Lipinski definition) is 5. The Bertz CT molecular complexity index is 150. The van der Waals surface area contributed by atoms with Gasteiger partial charge in [-0.05, 0) is 0 Å². The number of rotatable bonds is 1. The van der Waals surface area contributed by atoms with Gasteiger partial charge in [0.15, 0.2) is 5.79 Å². The second kappa shape index (κ2) is 2.41. The first kappa shape index (κ1) is 7.26. The van der Waals surface area contributed by atoms with Crippen LogP contribution in [0.15, 0.2) is 0 Å². The molecule has 1 rings (SSSR count). The van der Waals surface area contributed by atoms with Gasteiger partial charge in [0.2, 0.25) is 0 Å². The summed E-state index contributed by atoms with van der Waals surface area (Å²) in [6, 6.07) is -0.379. The minimum atomic E-state index is -1.16. The number of amides is 2. The molecule has 0 aromatic heterocycles. The number of nitrogens with one attached hydrogen (secondary N) is 3. The SMILES string of the molecule is NC1(NO)CCNC(=O)N1. The normalized spacial score (nSPS) is 32.8. The third kappa shape index (κ3) is 1.35. The average molecular weight is 146 g/mol. The molecular weight excluding hydrogens is 136 g/mol. The van der Waals surface area contributed by atoms with Crippen LogP contribution in [0.5, 0.6) is 0 Å². The third-order valence-electron chi connectivity index (χ3n) is 1.34. The van der Waals surface area contributed by atoms with Crippen molar-refractivity contribution in [1.29, 1.82) is 0 Å². The van der Waals surface area contributed by atoms with Gasteiger partial charge in [0.1, 0.15) is 0 Å². The van der Waals surface area contributed by atoms with Gasteiger partial charge >= 0.3 is 6.03 Å². The summed E-state index contributed by atoms with van der Waals surface area (Å²) in [6.07, 6.45) is 0.440. The molecule has 0 aromatic rings. The van der Waals surface area contributed by atoms with Crippen molar-refractivity contribution in [3.05, 3.63) is 0 Å². The number of hydroxylamine groups is 1. The monoisotopic (exact) mass is 146 g/mol. The molecule has 2 amide bonds. The van der Waals surface area contributed by atoms with Crippen molar-refractivity contribution in [2.24, 2.45) is 5.73 Å². The molecule has 1 fully saturated rings. The van der Waals surface area contributed by atoms with Gasteiger partial charge < -0.3 is 15.8 Å². The Kier molecular flexibility index (Phi) is 1.75. The maximum Gasteiger partial charge on any atom is 0.317 e. The number of carbonyl (C=O) groups excluding carboxylic acids is 1. The van der Waals surface area contributed by atoms with Crippen LogP contribution in [0.25, 0.3) is 0 Å². The van der Waals surface area contributed by atoms with Gasteiger partial charge in [0.05, 0.1) is 0 Å². The highest BCUT2D eigenvalue weighted by Crippen LogP contribution is 1.99. The fraction of sp³-hybridized carbons (Fsp3) is 0.750. The van der Waals surface area contributed by atoms with Gasteiger partial charge in [0, 0.05) is 13.0 Å². The van der Waals surface area contributed by atoms with Crippen LogP contribution in [0.2, 0.25) is 0 Å². The fourth-order valence-electron chi connectivity index (χ4n) is 0.766. The molecule has 6 nitrogen and oxygen atoms in total. The smallest absolute Gasteiger partial charge is 0.317 e. The molecule has 0 spiro atoms. The minimum absolute atomic E-state index is 0.379. The molecule has 6 heteroatoms. The summed E-state index contributed by atoms with van der Waals surface area (Å²) in [6.45, 7) is 0.454. The Morgan fingerprint density at radius 3 is 2.90 bits per heavy atom. The summed E-state index contributed by atoms with van der Waals surface area (Å²) in [7, 11) is 0. The third-order valence-corrected chi connectivity index (χ3v) is 1.34. The van der Waals surface area contributed by atoms with Crippen LogP contribution < -0.4 is 21.8 Å². The van der Waals surface area contributed by atoms with Gasteiger partial charge in [-0.25, -0.2) is 4.79 Å². The molecule has 1 unspecified atom stereocenters. The van der Waals surface area contributed by atoms with Crippen molar-refractivity contribution in [3.63, 3.8) is 0 Å². The number of hydrogen-bond acceptors (Lipinski definition) is 4. The second-order valence-electron chi connectivity index (χ2n) is 2.21. The molecule has 10 heavy (non-hydrogen) atoms. The molecule has 0 radical (unpaired) electrons. The van der Waals surface area contributed by atoms with E-state index in [0.29, 0.717) is 13.0 Å². The minimum Gasteiger partial charge on any atom is -0.338 e. The van der Waals surface area contributed by atoms with E-state index in [9.17, 15) is 4.79 Å². The molecule has 0 aliphatic carbocycles. The topological polar surface area (TPSA) is 99.4 Å². The van der Waals surface area contributed by atoms with Crippen molar-refractivity contribution < 1.29 is 10.0 Å². The first-order valence-electron chi connectivity index (χ1n) is 2.92. The summed E-state index contributed by atoms with van der Waals surface area (Å²) in [5.74, 6) is -1.16. The van der Waals surface area contributed by atoms with Crippen molar-refractivity contribution >= 4 is 6.03 Å². The summed E-state index contributed by atoms with van der Waals surface area (Å²) in [5.41, 5.74) is 7.23. The van der Waals surface area contributed by atoms with Crippen LogP contribution >= 0.6 is 0 Å². The van der Waals surface area contributed by atoms with E-state index in [1.54, 1.807) is 0 Å². The lowest BCUT2D eigenvalue weighted by Gasteiger charge is -2.32. The van der Waals surface area contributed by atoms with Crippen LogP contribution in [0, 0.1) is 0 Å². The van der Waals surface area contributed by atoms with E-state index in [0.717, 1.165) is 0 Å². The first-order chi connectivity index (χ1) is 4.66. The fourth-order valence-corrected chi connectivity index (χ4v) is 0.766. The van der Waals surface area contributed by atoms with E-state index in [1.807, 2.05) is 5.48 Å². The molecule has 0 saturated carbocycles. The lowest BCUT2D eigenvalue weighted by atomic mass is 10.2. The zero-order valence-electron chi connectivity index (χ0n) is 5.35. The standard InChI is InChI=1S/C4H10N4O2/c5-4(8-10)1-2-6-3(9)7-4/h8,10H,1-2,5H2,(H2,6,7,9). The molecule has 1 saturated heterocycles. The van der Waals surface area contributed by atoms with Crippen LogP contribution in [-0.2, 0) is 0 Å². The molecule has 1 atom stereocenters. The largest absolute Gasteiger partial charge is 0.338 e. The molecule has 1 aliphatic heterocycles. The van der Waals surface area contributed by atoms with Crippen molar-refractivity contribution in [2.75, 3.05) is 6.54 Å². The highest BCUT2D eigenvalue weighted by Gasteiger charge is 2.29. The highest BCUT2D eigenvalue weighted by molar-refractivity contribution is 5.75. The van der Waals surface area contributed by atoms with Crippen LogP contribution in [0.1, 0.15) is 6.42 Å². The van der Waals surface area contributed by atoms with E-state index < -0.39 is 5.79 Å². The number of nitrogens with two attached hydrogens (primary N) is 1. The lowest BCUT2D eigenvalue weighted by molar-refractivity contribution is 0.0368. The van der Waals surface area contributed by atoms with Gasteiger partial charge in [0.25, 0.3) is 0 Å². The summed E-state index contributed by atoms with van der Waals surface area (Å²) in [4.78, 5) is 10.6. The predicted molar refractivity (Wildman–Crippen MR) is 33.0 cm³/mol. The van der Waals surface area contributed by atoms with Gasteiger partial charge in [-0.1, -0.05) is 0 Å². The summed E-state index contributed by atoms with van der Waals surface area (Å²) in [5, 5.41) is 13.2. The van der Waals surface area contributed by atoms with Crippen molar-refractivity contribution in [1.82, 2.24) is 16.1 Å². The van der Waals surface area contributed by atoms with E-state index in [1.165, 1.54) is 0 Å². The molecule has 58 valence electrons. The predicted octanol–water partition coefficient (Wildman–Crippen LogP) is -1.72. The quantitative estimate of drug-likeness (QED) is 0.224. The Hall–Kier alpha value is -0.850. The lowest BCUT2D eigenvalue weighted by Crippen LogP contribution is -2.70. The van der Waals surface area contributed by atoms with Gasteiger partial charge in [-0.15, -0.1) is 0 Å². The van der Waals surface area contributed by atoms with E-state index in [-0.39, 0.29) is 6.03 Å². The van der Waals surface area contributed by atoms with Crippen molar-refractivity contribution in [2.45, 2.75) is 12.2 Å². The van der Waals surface area contributed by atoms with E-state index in [2.05, 4.69) is 10.6 Å². The molecule has 1 aliphatic rings. The molecule has 0 aromatic carbocycles.